The average Bonchev–Trinajstić information content (AvgIpc) is 3.29. The molecule has 1 saturated heterocycles. The van der Waals surface area contributed by atoms with Gasteiger partial charge in [-0.25, -0.2) is 14.4 Å². The Morgan fingerprint density at radius 3 is 2.22 bits per heavy atom. The van der Waals surface area contributed by atoms with Crippen molar-refractivity contribution in [3.05, 3.63) is 59.1 Å². The first-order valence-corrected chi connectivity index (χ1v) is 10.3. The number of hydrogen-bond acceptors (Lipinski definition) is 5. The highest BCUT2D eigenvalue weighted by atomic mass is 35.5. The van der Waals surface area contributed by atoms with E-state index >= 15 is 0 Å². The van der Waals surface area contributed by atoms with Crippen LogP contribution in [0.2, 0.25) is 5.02 Å². The fourth-order valence-corrected chi connectivity index (χ4v) is 3.46. The number of rotatable bonds is 6. The first-order valence-electron chi connectivity index (χ1n) is 9.94. The maximum atomic E-state index is 12.3. The van der Waals surface area contributed by atoms with Crippen LogP contribution in [0.4, 0.5) is 10.5 Å². The van der Waals surface area contributed by atoms with Crippen molar-refractivity contribution in [1.29, 1.82) is 0 Å². The number of urea groups is 1. The van der Waals surface area contributed by atoms with Gasteiger partial charge in [0.2, 0.25) is 0 Å². The third-order valence-corrected chi connectivity index (χ3v) is 5.04. The van der Waals surface area contributed by atoms with Gasteiger partial charge in [-0.15, -0.1) is 0 Å². The van der Waals surface area contributed by atoms with Crippen LogP contribution < -0.4 is 15.4 Å². The molecule has 32 heavy (non-hydrogen) atoms. The molecule has 4 N–H and O–H groups in total. The van der Waals surface area contributed by atoms with Gasteiger partial charge in [0.15, 0.2) is 0 Å². The number of carboxylic acids is 2. The number of likely N-dealkylation sites (tertiary alicyclic amines) is 1. The van der Waals surface area contributed by atoms with E-state index in [2.05, 4.69) is 27.7 Å². The van der Waals surface area contributed by atoms with E-state index < -0.39 is 11.9 Å². The summed E-state index contributed by atoms with van der Waals surface area (Å²) in [7, 11) is 1.66. The summed E-state index contributed by atoms with van der Waals surface area (Å²) in [6.07, 6.45) is 2.39. The van der Waals surface area contributed by atoms with Gasteiger partial charge in [0, 0.05) is 17.3 Å². The van der Waals surface area contributed by atoms with Crippen LogP contribution >= 0.6 is 11.6 Å². The summed E-state index contributed by atoms with van der Waals surface area (Å²) in [4.78, 5) is 32.9. The molecule has 2 aromatic rings. The number of nitrogens with zero attached hydrogens (tertiary/aromatic N) is 1. The van der Waals surface area contributed by atoms with E-state index in [1.807, 2.05) is 24.3 Å². The Morgan fingerprint density at radius 1 is 1.06 bits per heavy atom. The molecule has 1 fully saturated rings. The third-order valence-electron chi connectivity index (χ3n) is 4.80. The summed E-state index contributed by atoms with van der Waals surface area (Å²) in [5.41, 5.74) is 1.85. The highest BCUT2D eigenvalue weighted by Gasteiger charge is 2.24. The van der Waals surface area contributed by atoms with Crippen molar-refractivity contribution in [3.63, 3.8) is 0 Å². The predicted molar refractivity (Wildman–Crippen MR) is 120 cm³/mol. The number of amides is 2. The SMILES string of the molecule is COc1ccc(C(CNC(=O)Nc2cccc(Cl)c2)N2CCCC2)cc1.O=C(O)C(=O)O. The first kappa shape index (κ1) is 25.0. The first-order chi connectivity index (χ1) is 15.3. The molecule has 0 aliphatic carbocycles. The number of carbonyl (C=O) groups excluding carboxylic acids is 1. The molecule has 0 saturated carbocycles. The number of anilines is 1. The van der Waals surface area contributed by atoms with Crippen molar-refractivity contribution in [2.45, 2.75) is 18.9 Å². The Morgan fingerprint density at radius 2 is 1.69 bits per heavy atom. The van der Waals surface area contributed by atoms with Crippen LogP contribution in [0.15, 0.2) is 48.5 Å². The van der Waals surface area contributed by atoms with Crippen molar-refractivity contribution >= 4 is 35.3 Å². The standard InChI is InChI=1S/C20H24ClN3O2.C2H2O4/c1-26-18-9-7-15(8-10-18)19(24-11-2-3-12-24)14-22-20(25)23-17-6-4-5-16(21)13-17;3-1(4)2(5)6/h4-10,13,19H,2-3,11-12,14H2,1H3,(H2,22,23,25);(H,3,4)(H,5,6). The van der Waals surface area contributed by atoms with E-state index in [9.17, 15) is 4.79 Å². The lowest BCUT2D eigenvalue weighted by atomic mass is 10.1. The van der Waals surface area contributed by atoms with E-state index in [1.165, 1.54) is 18.4 Å². The van der Waals surface area contributed by atoms with Crippen LogP contribution in [0.25, 0.3) is 0 Å². The number of hydrogen-bond donors (Lipinski definition) is 4. The summed E-state index contributed by atoms with van der Waals surface area (Å²) in [6.45, 7) is 2.64. The number of halogens is 1. The van der Waals surface area contributed by atoms with Gasteiger partial charge >= 0.3 is 18.0 Å². The molecule has 172 valence electrons. The monoisotopic (exact) mass is 463 g/mol. The van der Waals surface area contributed by atoms with Crippen LogP contribution in [0.1, 0.15) is 24.4 Å². The molecule has 2 amide bonds. The molecule has 1 atom stereocenters. The van der Waals surface area contributed by atoms with E-state index in [1.54, 1.807) is 19.2 Å². The summed E-state index contributed by atoms with van der Waals surface area (Å²) in [6, 6.07) is 15.1. The van der Waals surface area contributed by atoms with Gasteiger partial charge in [-0.05, 0) is 61.8 Å². The molecule has 1 heterocycles. The fraction of sp³-hybridized carbons (Fsp3) is 0.318. The minimum absolute atomic E-state index is 0.147. The molecule has 0 spiro atoms. The van der Waals surface area contributed by atoms with Gasteiger partial charge in [-0.1, -0.05) is 29.8 Å². The van der Waals surface area contributed by atoms with E-state index in [-0.39, 0.29) is 12.1 Å². The molecule has 9 nitrogen and oxygen atoms in total. The highest BCUT2D eigenvalue weighted by Crippen LogP contribution is 2.26. The number of ether oxygens (including phenoxy) is 1. The minimum Gasteiger partial charge on any atom is -0.497 e. The van der Waals surface area contributed by atoms with Crippen molar-refractivity contribution in [3.8, 4) is 5.75 Å². The van der Waals surface area contributed by atoms with Gasteiger partial charge in [-0.3, -0.25) is 4.90 Å². The fourth-order valence-electron chi connectivity index (χ4n) is 3.27. The van der Waals surface area contributed by atoms with Gasteiger partial charge in [0.25, 0.3) is 0 Å². The second-order valence-corrected chi connectivity index (χ2v) is 7.42. The van der Waals surface area contributed by atoms with Crippen LogP contribution in [0.3, 0.4) is 0 Å². The van der Waals surface area contributed by atoms with Gasteiger partial charge < -0.3 is 25.6 Å². The van der Waals surface area contributed by atoms with Gasteiger partial charge in [0.1, 0.15) is 5.75 Å². The third kappa shape index (κ3) is 8.09. The largest absolute Gasteiger partial charge is 0.497 e. The molecule has 1 aliphatic heterocycles. The minimum atomic E-state index is -1.82. The molecule has 1 aliphatic rings. The molecular formula is C22H26ClN3O6. The molecule has 0 bridgehead atoms. The lowest BCUT2D eigenvalue weighted by Gasteiger charge is -2.28. The zero-order valence-corrected chi connectivity index (χ0v) is 18.3. The van der Waals surface area contributed by atoms with Crippen LogP contribution in [0.5, 0.6) is 5.75 Å². The highest BCUT2D eigenvalue weighted by molar-refractivity contribution is 6.30. The number of benzene rings is 2. The second kappa shape index (κ2) is 12.5. The Labute approximate surface area is 190 Å². The van der Waals surface area contributed by atoms with Gasteiger partial charge in [0.05, 0.1) is 13.2 Å². The molecule has 10 heteroatoms. The Hall–Kier alpha value is -3.30. The van der Waals surface area contributed by atoms with Crippen LogP contribution in [-0.4, -0.2) is 59.8 Å². The summed E-state index contributed by atoms with van der Waals surface area (Å²) < 4.78 is 5.24. The zero-order chi connectivity index (χ0) is 23.5. The van der Waals surface area contributed by atoms with E-state index in [4.69, 9.17) is 36.1 Å². The Kier molecular flexibility index (Phi) is 9.77. The lowest BCUT2D eigenvalue weighted by molar-refractivity contribution is -0.159. The number of carbonyl (C=O) groups is 3. The molecule has 0 radical (unpaired) electrons. The van der Waals surface area contributed by atoms with Crippen molar-refractivity contribution in [1.82, 2.24) is 10.2 Å². The van der Waals surface area contributed by atoms with Crippen LogP contribution in [-0.2, 0) is 9.59 Å². The molecule has 0 aromatic heterocycles. The Balaban J connectivity index is 0.000000534. The summed E-state index contributed by atoms with van der Waals surface area (Å²) in [5.74, 6) is -2.81. The van der Waals surface area contributed by atoms with Gasteiger partial charge in [-0.2, -0.15) is 0 Å². The van der Waals surface area contributed by atoms with Crippen LogP contribution in [0, 0.1) is 0 Å². The number of carboxylic acid groups (broad SMARTS) is 2. The zero-order valence-electron chi connectivity index (χ0n) is 17.6. The quantitative estimate of drug-likeness (QED) is 0.483. The lowest BCUT2D eigenvalue weighted by Crippen LogP contribution is -2.38. The van der Waals surface area contributed by atoms with E-state index in [0.717, 1.165) is 18.8 Å². The molecule has 2 aromatic carbocycles. The van der Waals surface area contributed by atoms with Crippen molar-refractivity contribution < 1.29 is 29.3 Å². The number of aliphatic carboxylic acids is 2. The van der Waals surface area contributed by atoms with Crippen molar-refractivity contribution in [2.75, 3.05) is 32.1 Å². The number of methoxy groups -OCH3 is 1. The second-order valence-electron chi connectivity index (χ2n) is 6.99. The number of nitrogens with one attached hydrogen (secondary N) is 2. The maximum Gasteiger partial charge on any atom is 0.414 e. The smallest absolute Gasteiger partial charge is 0.414 e. The molecule has 3 rings (SSSR count). The summed E-state index contributed by atoms with van der Waals surface area (Å²) >= 11 is 5.96. The Bertz CT molecular complexity index is 904. The maximum absolute atomic E-state index is 12.3. The summed E-state index contributed by atoms with van der Waals surface area (Å²) in [5, 5.41) is 21.2. The normalized spacial score (nSPS) is 13.9. The van der Waals surface area contributed by atoms with Crippen molar-refractivity contribution in [2.24, 2.45) is 0 Å². The molecule has 1 unspecified atom stereocenters. The topological polar surface area (TPSA) is 128 Å². The predicted octanol–water partition coefficient (Wildman–Crippen LogP) is 3.46. The molecular weight excluding hydrogens is 438 g/mol. The average molecular weight is 464 g/mol. The van der Waals surface area contributed by atoms with E-state index in [0.29, 0.717) is 17.3 Å².